The van der Waals surface area contributed by atoms with Crippen molar-refractivity contribution < 1.29 is 9.22 Å². The van der Waals surface area contributed by atoms with Crippen LogP contribution in [0.5, 0.6) is 0 Å². The molecule has 1 heterocycles. The molecule has 1 aliphatic heterocycles. The summed E-state index contributed by atoms with van der Waals surface area (Å²) in [6, 6.07) is 3.52. The average molecular weight is 200 g/mol. The van der Waals surface area contributed by atoms with Gasteiger partial charge in [-0.2, -0.15) is 0 Å². The quantitative estimate of drug-likeness (QED) is 0.654. The summed E-state index contributed by atoms with van der Waals surface area (Å²) in [5.74, 6) is 0.0235. The molecule has 0 amide bonds. The van der Waals surface area contributed by atoms with Crippen LogP contribution in [-0.4, -0.2) is 14.3 Å². The van der Waals surface area contributed by atoms with E-state index in [-0.39, 0.29) is 5.97 Å². The first-order chi connectivity index (χ1) is 6.22. The Morgan fingerprint density at radius 3 is 2.31 bits per heavy atom. The number of rotatable bonds is 3. The Balaban J connectivity index is 2.52. The molecule has 0 aliphatic carbocycles. The van der Waals surface area contributed by atoms with Gasteiger partial charge in [0.1, 0.15) is 0 Å². The van der Waals surface area contributed by atoms with Gasteiger partial charge >= 0.3 is 0 Å². The van der Waals surface area contributed by atoms with Crippen LogP contribution < -0.4 is 0 Å². The maximum atomic E-state index is 11.3. The second-order valence-electron chi connectivity index (χ2n) is 3.92. The van der Waals surface area contributed by atoms with E-state index in [9.17, 15) is 4.79 Å². The molecule has 0 atom stereocenters. The number of carbonyl (C=O) groups excluding carboxylic acids is 1. The molecule has 1 saturated heterocycles. The van der Waals surface area contributed by atoms with Crippen molar-refractivity contribution in [3.05, 3.63) is 0 Å². The SMILES string of the molecule is CCC(=O)O[Si]1(CC)CCCCC1. The molecular weight excluding hydrogens is 180 g/mol. The summed E-state index contributed by atoms with van der Waals surface area (Å²) in [4.78, 5) is 11.3. The molecule has 1 aliphatic rings. The normalized spacial score (nSPS) is 21.1. The molecule has 0 aromatic rings. The Kier molecular flexibility index (Phi) is 3.97. The molecule has 0 spiro atoms. The fourth-order valence-corrected chi connectivity index (χ4v) is 5.76. The van der Waals surface area contributed by atoms with Gasteiger partial charge in [-0.25, -0.2) is 0 Å². The van der Waals surface area contributed by atoms with Gasteiger partial charge in [0.2, 0.25) is 0 Å². The van der Waals surface area contributed by atoms with Crippen molar-refractivity contribution in [3.8, 4) is 0 Å². The van der Waals surface area contributed by atoms with E-state index in [2.05, 4.69) is 6.92 Å². The van der Waals surface area contributed by atoms with Crippen LogP contribution in [0.15, 0.2) is 0 Å². The lowest BCUT2D eigenvalue weighted by Crippen LogP contribution is -2.41. The molecule has 0 radical (unpaired) electrons. The van der Waals surface area contributed by atoms with Crippen molar-refractivity contribution in [1.82, 2.24) is 0 Å². The van der Waals surface area contributed by atoms with Gasteiger partial charge in [-0.1, -0.05) is 33.1 Å². The molecule has 0 aromatic heterocycles. The first-order valence-electron chi connectivity index (χ1n) is 5.44. The molecule has 13 heavy (non-hydrogen) atoms. The zero-order valence-corrected chi connectivity index (χ0v) is 9.77. The van der Waals surface area contributed by atoms with Crippen molar-refractivity contribution in [1.29, 1.82) is 0 Å². The topological polar surface area (TPSA) is 26.3 Å². The van der Waals surface area contributed by atoms with Gasteiger partial charge in [0.15, 0.2) is 0 Å². The van der Waals surface area contributed by atoms with Gasteiger partial charge in [0, 0.05) is 6.42 Å². The molecule has 0 bridgehead atoms. The first-order valence-corrected chi connectivity index (χ1v) is 7.97. The van der Waals surface area contributed by atoms with Gasteiger partial charge in [-0.05, 0) is 18.1 Å². The van der Waals surface area contributed by atoms with E-state index in [0.29, 0.717) is 6.42 Å². The summed E-state index contributed by atoms with van der Waals surface area (Å²) in [7, 11) is -1.59. The van der Waals surface area contributed by atoms with Crippen molar-refractivity contribution in [2.24, 2.45) is 0 Å². The third-order valence-corrected chi connectivity index (χ3v) is 7.51. The van der Waals surface area contributed by atoms with Crippen LogP contribution in [0, 0.1) is 0 Å². The molecule has 3 heteroatoms. The van der Waals surface area contributed by atoms with E-state index in [0.717, 1.165) is 6.04 Å². The van der Waals surface area contributed by atoms with E-state index in [1.807, 2.05) is 6.92 Å². The first kappa shape index (κ1) is 10.8. The second kappa shape index (κ2) is 4.79. The minimum absolute atomic E-state index is 0.0235. The lowest BCUT2D eigenvalue weighted by molar-refractivity contribution is -0.135. The zero-order chi connectivity index (χ0) is 9.73. The Bertz CT molecular complexity index is 174. The van der Waals surface area contributed by atoms with Crippen LogP contribution >= 0.6 is 0 Å². The van der Waals surface area contributed by atoms with Crippen molar-refractivity contribution in [2.75, 3.05) is 0 Å². The minimum Gasteiger partial charge on any atom is -0.519 e. The third kappa shape index (κ3) is 2.83. The fraction of sp³-hybridized carbons (Fsp3) is 0.900. The van der Waals surface area contributed by atoms with Crippen molar-refractivity contribution in [3.63, 3.8) is 0 Å². The third-order valence-electron chi connectivity index (χ3n) is 3.03. The predicted molar refractivity (Wildman–Crippen MR) is 56.1 cm³/mol. The van der Waals surface area contributed by atoms with E-state index in [1.165, 1.54) is 31.4 Å². The van der Waals surface area contributed by atoms with Crippen LogP contribution in [0.25, 0.3) is 0 Å². The molecule has 76 valence electrons. The van der Waals surface area contributed by atoms with Crippen LogP contribution in [0.1, 0.15) is 39.5 Å². The number of hydrogen-bond donors (Lipinski definition) is 0. The summed E-state index contributed by atoms with van der Waals surface area (Å²) in [6.45, 7) is 4.06. The smallest absolute Gasteiger partial charge is 0.292 e. The lowest BCUT2D eigenvalue weighted by atomic mass is 10.3. The molecule has 0 unspecified atom stereocenters. The maximum absolute atomic E-state index is 11.3. The highest BCUT2D eigenvalue weighted by molar-refractivity contribution is 6.75. The number of carbonyl (C=O) groups is 1. The van der Waals surface area contributed by atoms with Crippen LogP contribution in [0.3, 0.4) is 0 Å². The van der Waals surface area contributed by atoms with Gasteiger partial charge in [-0.15, -0.1) is 0 Å². The summed E-state index contributed by atoms with van der Waals surface area (Å²) in [5, 5.41) is 0. The highest BCUT2D eigenvalue weighted by Gasteiger charge is 2.37. The average Bonchev–Trinajstić information content (AvgIpc) is 2.19. The second-order valence-corrected chi connectivity index (χ2v) is 8.20. The van der Waals surface area contributed by atoms with Crippen LogP contribution in [-0.2, 0) is 9.22 Å². The molecule has 0 saturated carbocycles. The molecule has 2 nitrogen and oxygen atoms in total. The van der Waals surface area contributed by atoms with Crippen molar-refractivity contribution in [2.45, 2.75) is 57.7 Å². The molecular formula is C10H20O2Si. The fourth-order valence-electron chi connectivity index (χ4n) is 2.04. The highest BCUT2D eigenvalue weighted by atomic mass is 28.4. The molecule has 1 rings (SSSR count). The van der Waals surface area contributed by atoms with Crippen molar-refractivity contribution >= 4 is 14.3 Å². The summed E-state index contributed by atoms with van der Waals surface area (Å²) < 4.78 is 5.68. The van der Waals surface area contributed by atoms with Gasteiger partial charge in [0.25, 0.3) is 14.3 Å². The lowest BCUT2D eigenvalue weighted by Gasteiger charge is -2.33. The highest BCUT2D eigenvalue weighted by Crippen LogP contribution is 2.32. The summed E-state index contributed by atoms with van der Waals surface area (Å²) in [5.41, 5.74) is 0. The summed E-state index contributed by atoms with van der Waals surface area (Å²) in [6.07, 6.45) is 4.42. The van der Waals surface area contributed by atoms with E-state index in [4.69, 9.17) is 4.43 Å². The van der Waals surface area contributed by atoms with Gasteiger partial charge in [0.05, 0.1) is 0 Å². The largest absolute Gasteiger partial charge is 0.519 e. The molecule has 0 N–H and O–H groups in total. The predicted octanol–water partition coefficient (Wildman–Crippen LogP) is 3.09. The monoisotopic (exact) mass is 200 g/mol. The Morgan fingerprint density at radius 2 is 1.85 bits per heavy atom. The zero-order valence-electron chi connectivity index (χ0n) is 8.77. The van der Waals surface area contributed by atoms with E-state index < -0.39 is 8.32 Å². The Morgan fingerprint density at radius 1 is 1.23 bits per heavy atom. The van der Waals surface area contributed by atoms with Crippen LogP contribution in [0.2, 0.25) is 18.1 Å². The standard InChI is InChI=1S/C10H20O2Si/c1-3-10(11)12-13(4-2)8-6-5-7-9-13/h3-9H2,1-2H3. The maximum Gasteiger partial charge on any atom is 0.292 e. The van der Waals surface area contributed by atoms with Crippen LogP contribution in [0.4, 0.5) is 0 Å². The minimum atomic E-state index is -1.59. The molecule has 1 fully saturated rings. The van der Waals surface area contributed by atoms with E-state index >= 15 is 0 Å². The summed E-state index contributed by atoms with van der Waals surface area (Å²) >= 11 is 0. The Hall–Kier alpha value is -0.313. The molecule has 0 aromatic carbocycles. The Labute approximate surface area is 81.8 Å². The van der Waals surface area contributed by atoms with E-state index in [1.54, 1.807) is 0 Å². The number of hydrogen-bond acceptors (Lipinski definition) is 2. The van der Waals surface area contributed by atoms with Gasteiger partial charge in [-0.3, -0.25) is 4.79 Å². The van der Waals surface area contributed by atoms with Gasteiger partial charge < -0.3 is 4.43 Å².